The highest BCUT2D eigenvalue weighted by Gasteiger charge is 1.94. The average Bonchev–Trinajstić information content (AvgIpc) is 2.64. The fourth-order valence-corrected chi connectivity index (χ4v) is 1.17. The minimum atomic E-state index is -0.954. The average molecular weight is 374 g/mol. The number of aliphatic hydroxyl groups excluding tert-OH is 5. The van der Waals surface area contributed by atoms with Crippen molar-refractivity contribution in [3.05, 3.63) is 0 Å². The van der Waals surface area contributed by atoms with Crippen molar-refractivity contribution in [2.45, 2.75) is 6.10 Å². The Labute approximate surface area is 148 Å². The van der Waals surface area contributed by atoms with E-state index in [4.69, 9.17) is 49.2 Å². The molecule has 0 aliphatic carbocycles. The molecule has 5 N–H and O–H groups in total. The molecule has 0 aromatic carbocycles. The van der Waals surface area contributed by atoms with Crippen LogP contribution in [0.2, 0.25) is 0 Å². The zero-order chi connectivity index (χ0) is 19.0. The first-order valence-electron chi connectivity index (χ1n) is 8.23. The van der Waals surface area contributed by atoms with Gasteiger partial charge in [-0.05, 0) is 0 Å². The lowest BCUT2D eigenvalue weighted by atomic mass is 10.4. The van der Waals surface area contributed by atoms with Gasteiger partial charge in [0.2, 0.25) is 0 Å². The van der Waals surface area contributed by atoms with Crippen LogP contribution in [-0.4, -0.2) is 124 Å². The van der Waals surface area contributed by atoms with Crippen LogP contribution in [0.15, 0.2) is 0 Å². The van der Waals surface area contributed by atoms with Gasteiger partial charge in [0, 0.05) is 0 Å². The Balaban J connectivity index is 0. The summed E-state index contributed by atoms with van der Waals surface area (Å²) in [6, 6.07) is 0. The maximum atomic E-state index is 8.45. The second-order valence-corrected chi connectivity index (χ2v) is 4.53. The van der Waals surface area contributed by atoms with Crippen molar-refractivity contribution in [2.75, 3.05) is 92.5 Å². The SMILES string of the molecule is OCC(O)CO.OCCOCCOCCOCCOCCOCCO. The summed E-state index contributed by atoms with van der Waals surface area (Å²) in [7, 11) is 0. The van der Waals surface area contributed by atoms with Gasteiger partial charge in [-0.25, -0.2) is 0 Å². The molecule has 0 spiro atoms. The first-order chi connectivity index (χ1) is 12.2. The quantitative estimate of drug-likeness (QED) is 0.162. The van der Waals surface area contributed by atoms with Crippen molar-refractivity contribution < 1.29 is 49.2 Å². The Hall–Kier alpha value is -0.400. The minimum absolute atomic E-state index is 0.0359. The highest BCUT2D eigenvalue weighted by Crippen LogP contribution is 1.83. The smallest absolute Gasteiger partial charge is 0.100 e. The lowest BCUT2D eigenvalue weighted by Gasteiger charge is -2.07. The van der Waals surface area contributed by atoms with Gasteiger partial charge in [-0.3, -0.25) is 0 Å². The number of ether oxygens (including phenoxy) is 5. The molecule has 25 heavy (non-hydrogen) atoms. The van der Waals surface area contributed by atoms with Crippen LogP contribution in [-0.2, 0) is 23.7 Å². The van der Waals surface area contributed by atoms with Gasteiger partial charge in [-0.2, -0.15) is 0 Å². The normalized spacial score (nSPS) is 10.8. The van der Waals surface area contributed by atoms with Crippen molar-refractivity contribution in [2.24, 2.45) is 0 Å². The fourth-order valence-electron chi connectivity index (χ4n) is 1.17. The fraction of sp³-hybridized carbons (Fsp3) is 1.00. The van der Waals surface area contributed by atoms with Crippen LogP contribution in [0.1, 0.15) is 0 Å². The Morgan fingerprint density at radius 1 is 0.440 bits per heavy atom. The molecular weight excluding hydrogens is 340 g/mol. The number of rotatable bonds is 18. The largest absolute Gasteiger partial charge is 0.394 e. The molecule has 0 saturated heterocycles. The van der Waals surface area contributed by atoms with Gasteiger partial charge >= 0.3 is 0 Å². The molecule has 0 fully saturated rings. The molecular formula is C15H34O10. The maximum Gasteiger partial charge on any atom is 0.100 e. The third-order valence-corrected chi connectivity index (χ3v) is 2.38. The summed E-state index contributed by atoms with van der Waals surface area (Å²) in [5.41, 5.74) is 0. The second-order valence-electron chi connectivity index (χ2n) is 4.53. The van der Waals surface area contributed by atoms with E-state index >= 15 is 0 Å². The minimum Gasteiger partial charge on any atom is -0.394 e. The van der Waals surface area contributed by atoms with E-state index < -0.39 is 6.10 Å². The van der Waals surface area contributed by atoms with E-state index in [0.29, 0.717) is 66.1 Å². The van der Waals surface area contributed by atoms with Gasteiger partial charge in [0.25, 0.3) is 0 Å². The molecule has 0 radical (unpaired) electrons. The molecule has 0 bridgehead atoms. The summed E-state index contributed by atoms with van der Waals surface area (Å²) >= 11 is 0. The lowest BCUT2D eigenvalue weighted by molar-refractivity contribution is -0.0151. The van der Waals surface area contributed by atoms with E-state index in [1.54, 1.807) is 0 Å². The van der Waals surface area contributed by atoms with E-state index in [1.807, 2.05) is 0 Å². The summed E-state index contributed by atoms with van der Waals surface area (Å²) in [5, 5.41) is 40.9. The van der Waals surface area contributed by atoms with Gasteiger partial charge in [0.05, 0.1) is 92.5 Å². The molecule has 10 nitrogen and oxygen atoms in total. The Morgan fingerprint density at radius 2 is 0.680 bits per heavy atom. The van der Waals surface area contributed by atoms with Gasteiger partial charge in [-0.1, -0.05) is 0 Å². The van der Waals surface area contributed by atoms with Crippen molar-refractivity contribution >= 4 is 0 Å². The number of hydrogen-bond acceptors (Lipinski definition) is 10. The molecule has 0 atom stereocenters. The Kier molecular flexibility index (Phi) is 27.7. The molecule has 10 heteroatoms. The Bertz CT molecular complexity index is 200. The zero-order valence-electron chi connectivity index (χ0n) is 14.8. The summed E-state index contributed by atoms with van der Waals surface area (Å²) in [5.74, 6) is 0. The summed E-state index contributed by atoms with van der Waals surface area (Å²) in [6.07, 6.45) is -0.954. The lowest BCUT2D eigenvalue weighted by Crippen LogP contribution is -2.15. The summed E-state index contributed by atoms with van der Waals surface area (Å²) < 4.78 is 25.8. The van der Waals surface area contributed by atoms with Crippen LogP contribution in [0.4, 0.5) is 0 Å². The molecule has 0 heterocycles. The monoisotopic (exact) mass is 374 g/mol. The van der Waals surface area contributed by atoms with E-state index in [-0.39, 0.29) is 26.4 Å². The van der Waals surface area contributed by atoms with Crippen LogP contribution < -0.4 is 0 Å². The molecule has 0 aromatic heterocycles. The zero-order valence-corrected chi connectivity index (χ0v) is 14.8. The predicted molar refractivity (Wildman–Crippen MR) is 88.4 cm³/mol. The van der Waals surface area contributed by atoms with Crippen molar-refractivity contribution in [1.82, 2.24) is 0 Å². The molecule has 0 unspecified atom stereocenters. The second kappa shape index (κ2) is 25.8. The third kappa shape index (κ3) is 28.7. The molecule has 0 rings (SSSR count). The molecule has 154 valence electrons. The first-order valence-corrected chi connectivity index (χ1v) is 8.23. The Morgan fingerprint density at radius 3 is 0.840 bits per heavy atom. The number of hydrogen-bond donors (Lipinski definition) is 5. The summed E-state index contributed by atoms with van der Waals surface area (Å²) in [6.45, 7) is 4.08. The molecule has 0 amide bonds. The summed E-state index contributed by atoms with van der Waals surface area (Å²) in [4.78, 5) is 0. The van der Waals surface area contributed by atoms with Crippen LogP contribution in [0.5, 0.6) is 0 Å². The van der Waals surface area contributed by atoms with Crippen LogP contribution >= 0.6 is 0 Å². The highest BCUT2D eigenvalue weighted by molar-refractivity contribution is 4.44. The van der Waals surface area contributed by atoms with Gasteiger partial charge in [0.15, 0.2) is 0 Å². The van der Waals surface area contributed by atoms with Gasteiger partial charge in [-0.15, -0.1) is 0 Å². The van der Waals surface area contributed by atoms with Crippen molar-refractivity contribution in [1.29, 1.82) is 0 Å². The van der Waals surface area contributed by atoms with Crippen molar-refractivity contribution in [3.8, 4) is 0 Å². The topological polar surface area (TPSA) is 147 Å². The third-order valence-electron chi connectivity index (χ3n) is 2.38. The maximum absolute atomic E-state index is 8.45. The van der Waals surface area contributed by atoms with Crippen LogP contribution in [0.25, 0.3) is 0 Å². The highest BCUT2D eigenvalue weighted by atomic mass is 16.6. The standard InChI is InChI=1S/C12H26O7.C3H8O3/c13-1-3-15-5-7-17-9-11-19-12-10-18-8-6-16-4-2-14;4-1-3(6)2-5/h13-14H,1-12H2;3-6H,1-2H2. The van der Waals surface area contributed by atoms with Crippen molar-refractivity contribution in [3.63, 3.8) is 0 Å². The van der Waals surface area contributed by atoms with E-state index in [0.717, 1.165) is 0 Å². The molecule has 0 saturated carbocycles. The molecule has 0 aromatic rings. The van der Waals surface area contributed by atoms with Gasteiger partial charge < -0.3 is 49.2 Å². The number of aliphatic hydroxyl groups is 5. The molecule has 0 aliphatic heterocycles. The predicted octanol–water partition coefficient (Wildman–Crippen LogP) is -2.61. The van der Waals surface area contributed by atoms with E-state index in [2.05, 4.69) is 0 Å². The van der Waals surface area contributed by atoms with E-state index in [1.165, 1.54) is 0 Å². The van der Waals surface area contributed by atoms with Crippen LogP contribution in [0, 0.1) is 0 Å². The van der Waals surface area contributed by atoms with Gasteiger partial charge in [0.1, 0.15) is 6.10 Å². The molecule has 0 aliphatic rings. The van der Waals surface area contributed by atoms with E-state index in [9.17, 15) is 0 Å². The van der Waals surface area contributed by atoms with Crippen LogP contribution in [0.3, 0.4) is 0 Å². The first kappa shape index (κ1) is 26.8.